The largest absolute Gasteiger partial charge is 0.392 e. The first-order valence-electron chi connectivity index (χ1n) is 7.49. The summed E-state index contributed by atoms with van der Waals surface area (Å²) < 4.78 is 0. The van der Waals surface area contributed by atoms with Crippen LogP contribution < -0.4 is 0 Å². The monoisotopic (exact) mass is 263 g/mol. The highest BCUT2D eigenvalue weighted by atomic mass is 16.3. The predicted octanol–water partition coefficient (Wildman–Crippen LogP) is 3.55. The number of allylic oxidation sites excluding steroid dienone is 3. The van der Waals surface area contributed by atoms with Gasteiger partial charge in [0, 0.05) is 5.41 Å². The number of piperidine rings is 1. The summed E-state index contributed by atoms with van der Waals surface area (Å²) in [7, 11) is 2.15. The van der Waals surface area contributed by atoms with Crippen LogP contribution in [-0.2, 0) is 0 Å². The van der Waals surface area contributed by atoms with Gasteiger partial charge in [-0.3, -0.25) is 0 Å². The average molecular weight is 263 g/mol. The molecule has 1 N–H and O–H groups in total. The molecule has 1 spiro atoms. The third kappa shape index (κ3) is 3.01. The molecule has 1 unspecified atom stereocenters. The summed E-state index contributed by atoms with van der Waals surface area (Å²) in [5.74, 6) is 0. The molecule has 0 aromatic heterocycles. The van der Waals surface area contributed by atoms with Gasteiger partial charge in [-0.25, -0.2) is 0 Å². The van der Waals surface area contributed by atoms with Crippen molar-refractivity contribution < 1.29 is 5.11 Å². The Balaban J connectivity index is 0.000000861. The topological polar surface area (TPSA) is 23.5 Å². The molecule has 1 fully saturated rings. The summed E-state index contributed by atoms with van der Waals surface area (Å²) in [6.07, 6.45) is 8.81. The number of likely N-dealkylation sites (tertiary alicyclic amines) is 1. The zero-order valence-corrected chi connectivity index (χ0v) is 12.9. The van der Waals surface area contributed by atoms with Crippen molar-refractivity contribution in [1.29, 1.82) is 0 Å². The van der Waals surface area contributed by atoms with Crippen molar-refractivity contribution in [3.05, 3.63) is 36.0 Å². The van der Waals surface area contributed by atoms with Crippen LogP contribution in [0.4, 0.5) is 0 Å². The van der Waals surface area contributed by atoms with Crippen LogP contribution in [0.25, 0.3) is 0 Å². The minimum Gasteiger partial charge on any atom is -0.392 e. The van der Waals surface area contributed by atoms with Gasteiger partial charge in [-0.15, -0.1) is 0 Å². The van der Waals surface area contributed by atoms with E-state index in [0.29, 0.717) is 0 Å². The van der Waals surface area contributed by atoms with E-state index in [1.807, 2.05) is 26.8 Å². The van der Waals surface area contributed by atoms with Crippen LogP contribution in [0.1, 0.15) is 40.0 Å². The lowest BCUT2D eigenvalue weighted by Crippen LogP contribution is -2.43. The van der Waals surface area contributed by atoms with E-state index in [-0.39, 0.29) is 11.5 Å². The van der Waals surface area contributed by atoms with Gasteiger partial charge in [0.25, 0.3) is 0 Å². The SMILES string of the molecule is C=CC1=C(/C=C\C)CC(O)C12CCN(C)CC2.CC. The van der Waals surface area contributed by atoms with Crippen molar-refractivity contribution in [2.45, 2.75) is 46.1 Å². The van der Waals surface area contributed by atoms with Crippen LogP contribution in [0.2, 0.25) is 0 Å². The van der Waals surface area contributed by atoms with E-state index < -0.39 is 0 Å². The summed E-state index contributed by atoms with van der Waals surface area (Å²) in [4.78, 5) is 2.34. The van der Waals surface area contributed by atoms with Crippen LogP contribution in [0.3, 0.4) is 0 Å². The van der Waals surface area contributed by atoms with Gasteiger partial charge < -0.3 is 10.0 Å². The van der Waals surface area contributed by atoms with Crippen LogP contribution >= 0.6 is 0 Å². The van der Waals surface area contributed by atoms with E-state index in [2.05, 4.69) is 30.7 Å². The summed E-state index contributed by atoms with van der Waals surface area (Å²) in [6, 6.07) is 0. The summed E-state index contributed by atoms with van der Waals surface area (Å²) in [6.45, 7) is 12.1. The van der Waals surface area contributed by atoms with Crippen molar-refractivity contribution in [2.24, 2.45) is 5.41 Å². The lowest BCUT2D eigenvalue weighted by atomic mass is 9.71. The standard InChI is InChI=1S/C15H23NO.C2H6/c1-4-6-12-11-14(17)15(13(12)5-2)7-9-16(3)10-8-15;1-2/h4-6,14,17H,2,7-11H2,1,3H3;1-2H3/b6-4-;. The second kappa shape index (κ2) is 7.06. The highest BCUT2D eigenvalue weighted by molar-refractivity contribution is 5.44. The fourth-order valence-corrected chi connectivity index (χ4v) is 3.33. The highest BCUT2D eigenvalue weighted by Crippen LogP contribution is 2.50. The summed E-state index contributed by atoms with van der Waals surface area (Å²) in [5, 5.41) is 10.4. The summed E-state index contributed by atoms with van der Waals surface area (Å²) in [5.41, 5.74) is 2.54. The van der Waals surface area contributed by atoms with E-state index in [1.165, 1.54) is 11.1 Å². The molecule has 0 amide bonds. The van der Waals surface area contributed by atoms with E-state index in [0.717, 1.165) is 32.4 Å². The molecule has 2 heteroatoms. The molecule has 1 saturated heterocycles. The lowest BCUT2D eigenvalue weighted by Gasteiger charge is -2.41. The minimum atomic E-state index is -0.226. The number of nitrogens with zero attached hydrogens (tertiary/aromatic N) is 1. The van der Waals surface area contributed by atoms with Gasteiger partial charge in [-0.05, 0) is 57.5 Å². The lowest BCUT2D eigenvalue weighted by molar-refractivity contribution is 0.0221. The molecule has 1 atom stereocenters. The van der Waals surface area contributed by atoms with Gasteiger partial charge in [0.1, 0.15) is 0 Å². The Kier molecular flexibility index (Phi) is 6.02. The molecule has 0 aromatic carbocycles. The zero-order valence-electron chi connectivity index (χ0n) is 12.9. The van der Waals surface area contributed by atoms with Crippen molar-refractivity contribution in [3.63, 3.8) is 0 Å². The molecule has 1 aliphatic heterocycles. The third-order valence-corrected chi connectivity index (χ3v) is 4.38. The van der Waals surface area contributed by atoms with Gasteiger partial charge in [0.2, 0.25) is 0 Å². The van der Waals surface area contributed by atoms with Crippen molar-refractivity contribution >= 4 is 0 Å². The van der Waals surface area contributed by atoms with Crippen LogP contribution in [-0.4, -0.2) is 36.2 Å². The molecule has 0 bridgehead atoms. The van der Waals surface area contributed by atoms with E-state index >= 15 is 0 Å². The van der Waals surface area contributed by atoms with E-state index in [9.17, 15) is 5.11 Å². The van der Waals surface area contributed by atoms with E-state index in [4.69, 9.17) is 0 Å². The second-order valence-electron chi connectivity index (χ2n) is 5.32. The smallest absolute Gasteiger partial charge is 0.0678 e. The molecule has 0 aromatic rings. The van der Waals surface area contributed by atoms with Crippen LogP contribution in [0, 0.1) is 5.41 Å². The minimum absolute atomic E-state index is 0.0247. The van der Waals surface area contributed by atoms with Gasteiger partial charge in [-0.1, -0.05) is 38.7 Å². The molecule has 2 nitrogen and oxygen atoms in total. The van der Waals surface area contributed by atoms with Gasteiger partial charge in [-0.2, -0.15) is 0 Å². The molecule has 2 aliphatic rings. The molecule has 2 rings (SSSR count). The van der Waals surface area contributed by atoms with Crippen molar-refractivity contribution in [3.8, 4) is 0 Å². The molecule has 108 valence electrons. The Morgan fingerprint density at radius 3 is 2.37 bits per heavy atom. The summed E-state index contributed by atoms with van der Waals surface area (Å²) >= 11 is 0. The third-order valence-electron chi connectivity index (χ3n) is 4.38. The molecular formula is C17H29NO. The fourth-order valence-electron chi connectivity index (χ4n) is 3.33. The predicted molar refractivity (Wildman–Crippen MR) is 83.2 cm³/mol. The maximum absolute atomic E-state index is 10.4. The number of rotatable bonds is 2. The van der Waals surface area contributed by atoms with Crippen LogP contribution in [0.15, 0.2) is 36.0 Å². The quantitative estimate of drug-likeness (QED) is 0.823. The van der Waals surface area contributed by atoms with Gasteiger partial charge in [0.05, 0.1) is 6.10 Å². The van der Waals surface area contributed by atoms with Crippen molar-refractivity contribution in [2.75, 3.05) is 20.1 Å². The number of hydrogen-bond acceptors (Lipinski definition) is 2. The average Bonchev–Trinajstić information content (AvgIpc) is 2.68. The number of aliphatic hydroxyl groups is 1. The second-order valence-corrected chi connectivity index (χ2v) is 5.32. The van der Waals surface area contributed by atoms with E-state index in [1.54, 1.807) is 0 Å². The normalized spacial score (nSPS) is 26.7. The Morgan fingerprint density at radius 1 is 1.32 bits per heavy atom. The fraction of sp³-hybridized carbons (Fsp3) is 0.647. The Morgan fingerprint density at radius 2 is 1.89 bits per heavy atom. The molecule has 0 saturated carbocycles. The number of hydrogen-bond donors (Lipinski definition) is 1. The first-order valence-corrected chi connectivity index (χ1v) is 7.49. The molecular weight excluding hydrogens is 234 g/mol. The molecule has 19 heavy (non-hydrogen) atoms. The van der Waals surface area contributed by atoms with Crippen molar-refractivity contribution in [1.82, 2.24) is 4.90 Å². The Bertz CT molecular complexity index is 359. The maximum atomic E-state index is 10.4. The Hall–Kier alpha value is -0.860. The number of aliphatic hydroxyl groups excluding tert-OH is 1. The van der Waals surface area contributed by atoms with Gasteiger partial charge >= 0.3 is 0 Å². The first kappa shape index (κ1) is 16.2. The van der Waals surface area contributed by atoms with Crippen LogP contribution in [0.5, 0.6) is 0 Å². The first-order chi connectivity index (χ1) is 9.14. The molecule has 0 radical (unpaired) electrons. The molecule has 1 heterocycles. The Labute approximate surface area is 118 Å². The maximum Gasteiger partial charge on any atom is 0.0678 e. The molecule has 1 aliphatic carbocycles. The highest BCUT2D eigenvalue weighted by Gasteiger charge is 2.47. The van der Waals surface area contributed by atoms with Gasteiger partial charge in [0.15, 0.2) is 0 Å². The zero-order chi connectivity index (χ0) is 14.5.